The second-order valence-corrected chi connectivity index (χ2v) is 3.08. The van der Waals surface area contributed by atoms with Crippen LogP contribution in [-0.4, -0.2) is 16.9 Å². The van der Waals surface area contributed by atoms with E-state index in [9.17, 15) is 8.78 Å². The molecule has 50 valence electrons. The molecule has 0 rings (SSSR count). The fraction of sp³-hybridized carbons (Fsp3) is 1.00. The Morgan fingerprint density at radius 1 is 1.62 bits per heavy atom. The minimum absolute atomic E-state index is 0.287. The molecule has 0 aromatic carbocycles. The molecule has 4 heteroatoms. The van der Waals surface area contributed by atoms with Gasteiger partial charge in [0.1, 0.15) is 0 Å². The Hall–Kier alpha value is 0.500. The van der Waals surface area contributed by atoms with Crippen LogP contribution in [0.3, 0.4) is 0 Å². The van der Waals surface area contributed by atoms with Crippen LogP contribution in [0.4, 0.5) is 8.78 Å². The summed E-state index contributed by atoms with van der Waals surface area (Å²) >= 11 is 5.69. The van der Waals surface area contributed by atoms with Gasteiger partial charge in [-0.1, -0.05) is 6.92 Å². The molecular formula is C4H7ClF2S. The molecule has 0 radical (unpaired) electrons. The van der Waals surface area contributed by atoms with Gasteiger partial charge in [-0.05, 0) is 17.4 Å². The molecule has 0 saturated carbocycles. The maximum atomic E-state index is 11.7. The number of alkyl halides is 3. The highest BCUT2D eigenvalue weighted by atomic mass is 35.5. The lowest BCUT2D eigenvalue weighted by molar-refractivity contribution is 0.125. The van der Waals surface area contributed by atoms with Crippen LogP contribution >= 0.6 is 23.4 Å². The Morgan fingerprint density at radius 3 is 2.25 bits per heavy atom. The number of thioether (sulfide) groups is 1. The summed E-state index contributed by atoms with van der Waals surface area (Å²) in [7, 11) is 0. The maximum Gasteiger partial charge on any atom is 0.330 e. The fourth-order valence-electron chi connectivity index (χ4n) is 0.218. The van der Waals surface area contributed by atoms with Crippen LogP contribution < -0.4 is 0 Å². The molecule has 0 saturated heterocycles. The van der Waals surface area contributed by atoms with Crippen molar-refractivity contribution in [2.24, 2.45) is 0 Å². The third-order valence-corrected chi connectivity index (χ3v) is 1.74. The van der Waals surface area contributed by atoms with Crippen molar-refractivity contribution in [3.8, 4) is 0 Å². The van der Waals surface area contributed by atoms with E-state index in [2.05, 4.69) is 11.6 Å². The van der Waals surface area contributed by atoms with Crippen molar-refractivity contribution in [1.82, 2.24) is 0 Å². The van der Waals surface area contributed by atoms with E-state index in [1.807, 2.05) is 6.92 Å². The molecule has 0 amide bonds. The summed E-state index contributed by atoms with van der Waals surface area (Å²) < 4.78 is 23.3. The van der Waals surface area contributed by atoms with Crippen LogP contribution in [0.1, 0.15) is 6.92 Å². The first kappa shape index (κ1) is 8.50. The second kappa shape index (κ2) is 3.51. The number of hydrogen-bond donors (Lipinski definition) is 0. The number of halogens is 3. The van der Waals surface area contributed by atoms with E-state index in [0.717, 1.165) is 11.8 Å². The lowest BCUT2D eigenvalue weighted by atomic mass is 10.8. The fourth-order valence-corrected chi connectivity index (χ4v) is 0.885. The first-order valence-electron chi connectivity index (χ1n) is 2.20. The van der Waals surface area contributed by atoms with Crippen LogP contribution in [-0.2, 0) is 0 Å². The zero-order valence-corrected chi connectivity index (χ0v) is 6.03. The normalized spacial score (nSPS) is 12.0. The molecular weight excluding hydrogens is 154 g/mol. The van der Waals surface area contributed by atoms with Crippen LogP contribution in [0.25, 0.3) is 0 Å². The molecule has 0 heterocycles. The summed E-state index contributed by atoms with van der Waals surface area (Å²) in [4.78, 5) is 0. The summed E-state index contributed by atoms with van der Waals surface area (Å²) in [5.74, 6) is 0.396. The Morgan fingerprint density at radius 2 is 2.12 bits per heavy atom. The minimum Gasteiger partial charge on any atom is -0.187 e. The van der Waals surface area contributed by atoms with Crippen LogP contribution in [0, 0.1) is 0 Å². The van der Waals surface area contributed by atoms with E-state index in [0.29, 0.717) is 5.75 Å². The maximum absolute atomic E-state index is 11.7. The lowest BCUT2D eigenvalue weighted by Crippen LogP contribution is -2.08. The van der Waals surface area contributed by atoms with Crippen LogP contribution in [0.2, 0.25) is 0 Å². The van der Waals surface area contributed by atoms with Crippen LogP contribution in [0.5, 0.6) is 0 Å². The molecule has 0 spiro atoms. The average molecular weight is 161 g/mol. The van der Waals surface area contributed by atoms with Gasteiger partial charge < -0.3 is 0 Å². The Labute approximate surface area is 56.6 Å². The van der Waals surface area contributed by atoms with Gasteiger partial charge in [0.15, 0.2) is 0 Å². The average Bonchev–Trinajstić information content (AvgIpc) is 1.59. The Kier molecular flexibility index (Phi) is 3.73. The largest absolute Gasteiger partial charge is 0.330 e. The van der Waals surface area contributed by atoms with Crippen molar-refractivity contribution in [2.45, 2.75) is 12.3 Å². The summed E-state index contributed by atoms with van der Waals surface area (Å²) in [5.41, 5.74) is 0. The van der Waals surface area contributed by atoms with Gasteiger partial charge in [0.05, 0.1) is 5.75 Å². The van der Waals surface area contributed by atoms with Gasteiger partial charge in [-0.3, -0.25) is 0 Å². The van der Waals surface area contributed by atoms with E-state index in [-0.39, 0.29) is 5.75 Å². The lowest BCUT2D eigenvalue weighted by Gasteiger charge is -2.03. The van der Waals surface area contributed by atoms with Crippen molar-refractivity contribution in [2.75, 3.05) is 11.5 Å². The quantitative estimate of drug-likeness (QED) is 0.572. The van der Waals surface area contributed by atoms with E-state index < -0.39 is 5.38 Å². The molecule has 0 atom stereocenters. The molecule has 0 fully saturated rings. The topological polar surface area (TPSA) is 0 Å². The smallest absolute Gasteiger partial charge is 0.187 e. The Balaban J connectivity index is 3.11. The van der Waals surface area contributed by atoms with Crippen molar-refractivity contribution >= 4 is 23.4 Å². The van der Waals surface area contributed by atoms with E-state index in [1.165, 1.54) is 0 Å². The molecule has 0 aliphatic heterocycles. The Bertz CT molecular complexity index is 61.5. The highest BCUT2D eigenvalue weighted by molar-refractivity contribution is 7.99. The van der Waals surface area contributed by atoms with Gasteiger partial charge in [0, 0.05) is 0 Å². The third-order valence-electron chi connectivity index (χ3n) is 0.470. The summed E-state index contributed by atoms with van der Waals surface area (Å²) in [6.07, 6.45) is 0. The molecule has 0 N–H and O–H groups in total. The SMILES string of the molecule is CCSCC(F)(F)Cl. The standard InChI is InChI=1S/C4H7ClF2S/c1-2-8-3-4(5,6)7/h2-3H2,1H3. The van der Waals surface area contributed by atoms with Gasteiger partial charge in [0.2, 0.25) is 0 Å². The van der Waals surface area contributed by atoms with Crippen LogP contribution in [0.15, 0.2) is 0 Å². The van der Waals surface area contributed by atoms with E-state index in [4.69, 9.17) is 0 Å². The first-order valence-corrected chi connectivity index (χ1v) is 3.74. The first-order chi connectivity index (χ1) is 3.56. The number of hydrogen-bond acceptors (Lipinski definition) is 1. The van der Waals surface area contributed by atoms with Gasteiger partial charge in [-0.15, -0.1) is 0 Å². The third kappa shape index (κ3) is 6.50. The van der Waals surface area contributed by atoms with E-state index >= 15 is 0 Å². The van der Waals surface area contributed by atoms with Gasteiger partial charge >= 0.3 is 5.38 Å². The van der Waals surface area contributed by atoms with Gasteiger partial charge in [-0.2, -0.15) is 20.5 Å². The van der Waals surface area contributed by atoms with Crippen molar-refractivity contribution < 1.29 is 8.78 Å². The molecule has 0 nitrogen and oxygen atoms in total. The minimum atomic E-state index is -3.01. The van der Waals surface area contributed by atoms with Crippen molar-refractivity contribution in [3.05, 3.63) is 0 Å². The number of rotatable bonds is 3. The molecule has 0 aliphatic carbocycles. The summed E-state index contributed by atoms with van der Waals surface area (Å²) in [6, 6.07) is 0. The molecule has 0 aromatic heterocycles. The zero-order chi connectivity index (χ0) is 6.62. The second-order valence-electron chi connectivity index (χ2n) is 1.25. The van der Waals surface area contributed by atoms with Gasteiger partial charge in [0.25, 0.3) is 0 Å². The predicted octanol–water partition coefficient (Wildman–Crippen LogP) is 2.57. The zero-order valence-electron chi connectivity index (χ0n) is 4.46. The summed E-state index contributed by atoms with van der Waals surface area (Å²) in [5, 5.41) is -3.01. The molecule has 8 heavy (non-hydrogen) atoms. The van der Waals surface area contributed by atoms with Crippen molar-refractivity contribution in [1.29, 1.82) is 0 Å². The molecule has 0 aliphatic rings. The van der Waals surface area contributed by atoms with Crippen molar-refractivity contribution in [3.63, 3.8) is 0 Å². The molecule has 0 bridgehead atoms. The summed E-state index contributed by atoms with van der Waals surface area (Å²) in [6.45, 7) is 1.81. The monoisotopic (exact) mass is 160 g/mol. The predicted molar refractivity (Wildman–Crippen MR) is 33.8 cm³/mol. The molecule has 0 aromatic rings. The van der Waals surface area contributed by atoms with E-state index in [1.54, 1.807) is 0 Å². The molecule has 0 unspecified atom stereocenters. The highest BCUT2D eigenvalue weighted by Gasteiger charge is 2.23. The van der Waals surface area contributed by atoms with Gasteiger partial charge in [-0.25, -0.2) is 0 Å². The highest BCUT2D eigenvalue weighted by Crippen LogP contribution is 2.23.